The van der Waals surface area contributed by atoms with Gasteiger partial charge in [0.05, 0.1) is 12.7 Å². The summed E-state index contributed by atoms with van der Waals surface area (Å²) < 4.78 is 5.24. The molecule has 1 aliphatic rings. The molecule has 0 bridgehead atoms. The first-order valence-electron chi connectivity index (χ1n) is 4.92. The molecule has 0 saturated carbocycles. The molecule has 2 N–H and O–H groups in total. The average molecular weight is 230 g/mol. The maximum atomic E-state index is 9.76. The minimum atomic E-state index is 0. The molecule has 1 aromatic carbocycles. The number of hydrogen-bond donors (Lipinski definition) is 2. The molecule has 15 heavy (non-hydrogen) atoms. The van der Waals surface area contributed by atoms with Gasteiger partial charge in [-0.05, 0) is 31.5 Å². The Morgan fingerprint density at radius 2 is 2.27 bits per heavy atom. The molecule has 0 aromatic heterocycles. The fraction of sp³-hybridized carbons (Fsp3) is 0.455. The lowest BCUT2D eigenvalue weighted by Crippen LogP contribution is -2.13. The second-order valence-electron chi connectivity index (χ2n) is 3.54. The lowest BCUT2D eigenvalue weighted by atomic mass is 10.0. The molecule has 0 unspecified atom stereocenters. The van der Waals surface area contributed by atoms with Gasteiger partial charge in [0.25, 0.3) is 0 Å². The third kappa shape index (κ3) is 2.36. The molecule has 0 aliphatic carbocycles. The van der Waals surface area contributed by atoms with Crippen molar-refractivity contribution in [2.24, 2.45) is 0 Å². The number of phenols is 1. The zero-order valence-electron chi connectivity index (χ0n) is 8.69. The fourth-order valence-electron chi connectivity index (χ4n) is 1.99. The number of hydrogen-bond acceptors (Lipinski definition) is 3. The molecule has 84 valence electrons. The number of benzene rings is 1. The smallest absolute Gasteiger partial charge is 0.127 e. The number of nitrogens with one attached hydrogen (secondary N) is 1. The van der Waals surface area contributed by atoms with Gasteiger partial charge in [0.2, 0.25) is 0 Å². The summed E-state index contributed by atoms with van der Waals surface area (Å²) in [5.74, 6) is 1.09. The molecular formula is C11H16ClNO2. The van der Waals surface area contributed by atoms with Crippen LogP contribution in [0.1, 0.15) is 24.4 Å². The molecule has 1 aromatic rings. The standard InChI is InChI=1S/C11H15NO2.ClH/c1-14-10-6-2-5-9(13)11(10)8-4-3-7-12-8;/h2,5-6,8,12-13H,3-4,7H2,1H3;1H/t8-;/m1./s1. The first kappa shape index (κ1) is 12.1. The van der Waals surface area contributed by atoms with Gasteiger partial charge in [-0.2, -0.15) is 0 Å². The Balaban J connectivity index is 0.00000112. The van der Waals surface area contributed by atoms with Crippen LogP contribution in [0.2, 0.25) is 0 Å². The summed E-state index contributed by atoms with van der Waals surface area (Å²) in [4.78, 5) is 0. The highest BCUT2D eigenvalue weighted by atomic mass is 35.5. The lowest BCUT2D eigenvalue weighted by molar-refractivity contribution is 0.390. The van der Waals surface area contributed by atoms with E-state index in [1.54, 1.807) is 19.2 Å². The van der Waals surface area contributed by atoms with Gasteiger partial charge in [-0.15, -0.1) is 12.4 Å². The van der Waals surface area contributed by atoms with E-state index in [4.69, 9.17) is 4.74 Å². The number of ether oxygens (including phenoxy) is 1. The first-order chi connectivity index (χ1) is 6.83. The van der Waals surface area contributed by atoms with Crippen molar-refractivity contribution in [1.29, 1.82) is 0 Å². The number of rotatable bonds is 2. The summed E-state index contributed by atoms with van der Waals surface area (Å²) >= 11 is 0. The number of aromatic hydroxyl groups is 1. The summed E-state index contributed by atoms with van der Waals surface area (Å²) in [7, 11) is 1.63. The second kappa shape index (κ2) is 5.24. The van der Waals surface area contributed by atoms with Gasteiger partial charge in [-0.25, -0.2) is 0 Å². The van der Waals surface area contributed by atoms with E-state index >= 15 is 0 Å². The first-order valence-corrected chi connectivity index (χ1v) is 4.92. The third-order valence-corrected chi connectivity index (χ3v) is 2.67. The minimum Gasteiger partial charge on any atom is -0.507 e. The zero-order valence-corrected chi connectivity index (χ0v) is 9.51. The third-order valence-electron chi connectivity index (χ3n) is 2.67. The number of methoxy groups -OCH3 is 1. The maximum absolute atomic E-state index is 9.76. The topological polar surface area (TPSA) is 41.5 Å². The number of phenolic OH excluding ortho intramolecular Hbond substituents is 1. The van der Waals surface area contributed by atoms with Crippen molar-refractivity contribution in [1.82, 2.24) is 5.32 Å². The quantitative estimate of drug-likeness (QED) is 0.818. The van der Waals surface area contributed by atoms with Crippen LogP contribution in [0.5, 0.6) is 11.5 Å². The van der Waals surface area contributed by atoms with Gasteiger partial charge in [0.15, 0.2) is 0 Å². The molecule has 0 spiro atoms. The van der Waals surface area contributed by atoms with Crippen molar-refractivity contribution in [2.75, 3.05) is 13.7 Å². The molecule has 1 fully saturated rings. The molecule has 1 aliphatic heterocycles. The molecule has 0 amide bonds. The van der Waals surface area contributed by atoms with Gasteiger partial charge >= 0.3 is 0 Å². The van der Waals surface area contributed by atoms with E-state index in [-0.39, 0.29) is 18.4 Å². The van der Waals surface area contributed by atoms with E-state index in [0.717, 1.165) is 30.7 Å². The molecule has 0 radical (unpaired) electrons. The Morgan fingerprint density at radius 3 is 2.87 bits per heavy atom. The SMILES string of the molecule is COc1cccc(O)c1[C@H]1CCCN1.Cl. The summed E-state index contributed by atoms with van der Waals surface area (Å²) in [6.07, 6.45) is 2.22. The van der Waals surface area contributed by atoms with Crippen molar-refractivity contribution in [3.05, 3.63) is 23.8 Å². The van der Waals surface area contributed by atoms with Crippen LogP contribution in [-0.2, 0) is 0 Å². The van der Waals surface area contributed by atoms with Gasteiger partial charge in [-0.3, -0.25) is 0 Å². The highest BCUT2D eigenvalue weighted by Crippen LogP contribution is 2.36. The molecule has 3 nitrogen and oxygen atoms in total. The molecule has 1 heterocycles. The van der Waals surface area contributed by atoms with Gasteiger partial charge in [0, 0.05) is 6.04 Å². The summed E-state index contributed by atoms with van der Waals surface area (Å²) in [6, 6.07) is 5.63. The lowest BCUT2D eigenvalue weighted by Gasteiger charge is -2.16. The molecule has 4 heteroatoms. The van der Waals surface area contributed by atoms with Gasteiger partial charge < -0.3 is 15.2 Å². The van der Waals surface area contributed by atoms with Crippen molar-refractivity contribution in [3.8, 4) is 11.5 Å². The van der Waals surface area contributed by atoms with Crippen LogP contribution in [0.15, 0.2) is 18.2 Å². The van der Waals surface area contributed by atoms with Crippen LogP contribution in [0.4, 0.5) is 0 Å². The Morgan fingerprint density at radius 1 is 1.47 bits per heavy atom. The Kier molecular flexibility index (Phi) is 4.24. The van der Waals surface area contributed by atoms with E-state index in [0.29, 0.717) is 5.75 Å². The highest BCUT2D eigenvalue weighted by molar-refractivity contribution is 5.85. The van der Waals surface area contributed by atoms with Gasteiger partial charge in [-0.1, -0.05) is 6.07 Å². The molecule has 1 atom stereocenters. The molecule has 2 rings (SSSR count). The van der Waals surface area contributed by atoms with Crippen LogP contribution in [-0.4, -0.2) is 18.8 Å². The Labute approximate surface area is 95.9 Å². The van der Waals surface area contributed by atoms with Crippen molar-refractivity contribution in [3.63, 3.8) is 0 Å². The van der Waals surface area contributed by atoms with Gasteiger partial charge in [0.1, 0.15) is 11.5 Å². The number of halogens is 1. The molecule has 1 saturated heterocycles. The Hall–Kier alpha value is -0.930. The Bertz CT molecular complexity index is 324. The van der Waals surface area contributed by atoms with E-state index in [1.165, 1.54) is 0 Å². The predicted octanol–water partition coefficient (Wildman–Crippen LogP) is 2.25. The van der Waals surface area contributed by atoms with E-state index in [1.807, 2.05) is 6.07 Å². The van der Waals surface area contributed by atoms with Crippen LogP contribution in [0, 0.1) is 0 Å². The van der Waals surface area contributed by atoms with E-state index < -0.39 is 0 Å². The van der Waals surface area contributed by atoms with Crippen molar-refractivity contribution < 1.29 is 9.84 Å². The highest BCUT2D eigenvalue weighted by Gasteiger charge is 2.22. The molecular weight excluding hydrogens is 214 g/mol. The summed E-state index contributed by atoms with van der Waals surface area (Å²) in [5, 5.41) is 13.1. The van der Waals surface area contributed by atoms with Crippen molar-refractivity contribution in [2.45, 2.75) is 18.9 Å². The largest absolute Gasteiger partial charge is 0.507 e. The van der Waals surface area contributed by atoms with Crippen LogP contribution < -0.4 is 10.1 Å². The fourth-order valence-corrected chi connectivity index (χ4v) is 1.99. The zero-order chi connectivity index (χ0) is 9.97. The van der Waals surface area contributed by atoms with Crippen LogP contribution in [0.25, 0.3) is 0 Å². The minimum absolute atomic E-state index is 0. The van der Waals surface area contributed by atoms with E-state index in [2.05, 4.69) is 5.32 Å². The average Bonchev–Trinajstić information content (AvgIpc) is 2.70. The second-order valence-corrected chi connectivity index (χ2v) is 3.54. The summed E-state index contributed by atoms with van der Waals surface area (Å²) in [5.41, 5.74) is 0.896. The monoisotopic (exact) mass is 229 g/mol. The predicted molar refractivity (Wildman–Crippen MR) is 61.9 cm³/mol. The maximum Gasteiger partial charge on any atom is 0.127 e. The van der Waals surface area contributed by atoms with Crippen molar-refractivity contribution >= 4 is 12.4 Å². The van der Waals surface area contributed by atoms with E-state index in [9.17, 15) is 5.11 Å². The van der Waals surface area contributed by atoms with Crippen LogP contribution >= 0.6 is 12.4 Å². The summed E-state index contributed by atoms with van der Waals surface area (Å²) in [6.45, 7) is 1.02. The normalized spacial score (nSPS) is 19.7. The van der Waals surface area contributed by atoms with Crippen LogP contribution in [0.3, 0.4) is 0 Å².